The number of halogens is 3. The van der Waals surface area contributed by atoms with Crippen molar-refractivity contribution in [2.75, 3.05) is 4.90 Å². The number of nitrogens with two attached hydrogens (primary N) is 1. The second-order valence-electron chi connectivity index (χ2n) is 6.44. The Hall–Kier alpha value is -2.05. The highest BCUT2D eigenvalue weighted by Gasteiger charge is 2.59. The number of primary amides is 1. The Balaban J connectivity index is 2.00. The molecule has 0 bridgehead atoms. The number of carbonyl (C=O) groups is 2. The van der Waals surface area contributed by atoms with Crippen molar-refractivity contribution in [1.82, 2.24) is 0 Å². The van der Waals surface area contributed by atoms with Gasteiger partial charge in [-0.1, -0.05) is 0 Å². The Kier molecular flexibility index (Phi) is 3.61. The Morgan fingerprint density at radius 3 is 2.43 bits per heavy atom. The van der Waals surface area contributed by atoms with Gasteiger partial charge in [-0.15, -0.1) is 0 Å². The molecule has 1 saturated heterocycles. The van der Waals surface area contributed by atoms with Gasteiger partial charge < -0.3 is 5.73 Å². The predicted octanol–water partition coefficient (Wildman–Crippen LogP) is 2.61. The standard InChI is InChI=1S/C16H17F3N2O2/c17-10-2-4-11(5-3-10)21-12(13(20)22)8-15(14(21)23)6-1-7-16(18,19)9-15/h2-5,12H,1,6-9H2,(H2,20,22). The summed E-state index contributed by atoms with van der Waals surface area (Å²) in [5, 5.41) is 0. The molecule has 7 heteroatoms. The topological polar surface area (TPSA) is 63.4 Å². The fraction of sp³-hybridized carbons (Fsp3) is 0.500. The van der Waals surface area contributed by atoms with Crippen LogP contribution in [0.3, 0.4) is 0 Å². The van der Waals surface area contributed by atoms with E-state index in [-0.39, 0.29) is 19.3 Å². The van der Waals surface area contributed by atoms with E-state index in [0.717, 1.165) is 17.0 Å². The molecule has 23 heavy (non-hydrogen) atoms. The molecular weight excluding hydrogens is 309 g/mol. The molecule has 2 fully saturated rings. The van der Waals surface area contributed by atoms with Crippen LogP contribution in [0.4, 0.5) is 18.9 Å². The van der Waals surface area contributed by atoms with Crippen molar-refractivity contribution in [1.29, 1.82) is 0 Å². The number of anilines is 1. The number of alkyl halides is 2. The molecular formula is C16H17F3N2O2. The molecule has 3 rings (SSSR count). The van der Waals surface area contributed by atoms with Crippen LogP contribution in [0.15, 0.2) is 24.3 Å². The first-order chi connectivity index (χ1) is 10.7. The van der Waals surface area contributed by atoms with Gasteiger partial charge in [0.2, 0.25) is 17.7 Å². The minimum atomic E-state index is -2.92. The third kappa shape index (κ3) is 2.68. The van der Waals surface area contributed by atoms with E-state index in [2.05, 4.69) is 0 Å². The highest BCUT2D eigenvalue weighted by Crippen LogP contribution is 2.52. The van der Waals surface area contributed by atoms with E-state index >= 15 is 0 Å². The molecule has 1 saturated carbocycles. The zero-order valence-corrected chi connectivity index (χ0v) is 12.4. The molecule has 2 unspecified atom stereocenters. The van der Waals surface area contributed by atoms with E-state index in [1.54, 1.807) is 0 Å². The van der Waals surface area contributed by atoms with Crippen LogP contribution < -0.4 is 10.6 Å². The fourth-order valence-corrected chi connectivity index (χ4v) is 3.79. The van der Waals surface area contributed by atoms with Crippen molar-refractivity contribution in [2.24, 2.45) is 11.1 Å². The van der Waals surface area contributed by atoms with Crippen molar-refractivity contribution in [2.45, 2.75) is 44.1 Å². The highest BCUT2D eigenvalue weighted by atomic mass is 19.3. The smallest absolute Gasteiger partial charge is 0.249 e. The number of carbonyl (C=O) groups excluding carboxylic acids is 2. The summed E-state index contributed by atoms with van der Waals surface area (Å²) >= 11 is 0. The maximum atomic E-state index is 13.8. The molecule has 2 amide bonds. The lowest BCUT2D eigenvalue weighted by atomic mass is 9.70. The molecule has 2 N–H and O–H groups in total. The predicted molar refractivity (Wildman–Crippen MR) is 77.3 cm³/mol. The Morgan fingerprint density at radius 1 is 1.22 bits per heavy atom. The first-order valence-electron chi connectivity index (χ1n) is 7.51. The van der Waals surface area contributed by atoms with Crippen molar-refractivity contribution in [3.05, 3.63) is 30.1 Å². The molecule has 0 aromatic heterocycles. The monoisotopic (exact) mass is 326 g/mol. The Bertz CT molecular complexity index is 647. The minimum absolute atomic E-state index is 0.0197. The zero-order chi connectivity index (χ0) is 16.8. The second-order valence-corrected chi connectivity index (χ2v) is 6.44. The van der Waals surface area contributed by atoms with Gasteiger partial charge >= 0.3 is 0 Å². The van der Waals surface area contributed by atoms with Gasteiger partial charge in [-0.25, -0.2) is 13.2 Å². The van der Waals surface area contributed by atoms with Crippen LogP contribution in [0, 0.1) is 11.2 Å². The van der Waals surface area contributed by atoms with Crippen LogP contribution in [0.5, 0.6) is 0 Å². The third-order valence-corrected chi connectivity index (χ3v) is 4.80. The van der Waals surface area contributed by atoms with Crippen molar-refractivity contribution >= 4 is 17.5 Å². The molecule has 1 heterocycles. The van der Waals surface area contributed by atoms with Gasteiger partial charge in [0.25, 0.3) is 0 Å². The summed E-state index contributed by atoms with van der Waals surface area (Å²) in [6.45, 7) is 0. The number of hydrogen-bond donors (Lipinski definition) is 1. The van der Waals surface area contributed by atoms with Gasteiger partial charge in [-0.05, 0) is 43.5 Å². The van der Waals surface area contributed by atoms with Crippen LogP contribution in [-0.4, -0.2) is 23.8 Å². The lowest BCUT2D eigenvalue weighted by Gasteiger charge is -2.36. The molecule has 124 valence electrons. The second kappa shape index (κ2) is 5.25. The summed E-state index contributed by atoms with van der Waals surface area (Å²) in [5.74, 6) is -4.68. The van der Waals surface area contributed by atoms with Crippen LogP contribution in [0.25, 0.3) is 0 Å². The molecule has 2 atom stereocenters. The molecule has 1 aromatic rings. The molecule has 1 aliphatic heterocycles. The lowest BCUT2D eigenvalue weighted by Crippen LogP contribution is -2.44. The summed E-state index contributed by atoms with van der Waals surface area (Å²) in [4.78, 5) is 25.8. The van der Waals surface area contributed by atoms with Crippen molar-refractivity contribution in [3.63, 3.8) is 0 Å². The molecule has 1 aliphatic carbocycles. The normalized spacial score (nSPS) is 30.0. The van der Waals surface area contributed by atoms with E-state index in [1.807, 2.05) is 0 Å². The quantitative estimate of drug-likeness (QED) is 0.908. The number of benzene rings is 1. The summed E-state index contributed by atoms with van der Waals surface area (Å²) in [7, 11) is 0. The maximum absolute atomic E-state index is 13.8. The van der Waals surface area contributed by atoms with E-state index in [9.17, 15) is 22.8 Å². The molecule has 2 aliphatic rings. The van der Waals surface area contributed by atoms with Crippen LogP contribution in [-0.2, 0) is 9.59 Å². The summed E-state index contributed by atoms with van der Waals surface area (Å²) < 4.78 is 40.8. The average Bonchev–Trinajstić information content (AvgIpc) is 2.72. The fourth-order valence-electron chi connectivity index (χ4n) is 3.79. The van der Waals surface area contributed by atoms with Crippen LogP contribution in [0.1, 0.15) is 32.1 Å². The van der Waals surface area contributed by atoms with Gasteiger partial charge in [0.05, 0.1) is 5.41 Å². The van der Waals surface area contributed by atoms with Crippen LogP contribution in [0.2, 0.25) is 0 Å². The largest absolute Gasteiger partial charge is 0.368 e. The number of hydrogen-bond acceptors (Lipinski definition) is 2. The third-order valence-electron chi connectivity index (χ3n) is 4.80. The number of amides is 2. The zero-order valence-electron chi connectivity index (χ0n) is 12.4. The van der Waals surface area contributed by atoms with Gasteiger partial charge in [0, 0.05) is 18.5 Å². The van der Waals surface area contributed by atoms with Gasteiger partial charge in [0.1, 0.15) is 11.9 Å². The number of rotatable bonds is 2. The van der Waals surface area contributed by atoms with Gasteiger partial charge in [-0.3, -0.25) is 14.5 Å². The summed E-state index contributed by atoms with van der Waals surface area (Å²) in [6.07, 6.45) is -0.307. The van der Waals surface area contributed by atoms with Crippen molar-refractivity contribution in [3.8, 4) is 0 Å². The van der Waals surface area contributed by atoms with Crippen LogP contribution >= 0.6 is 0 Å². The van der Waals surface area contributed by atoms with E-state index < -0.39 is 41.4 Å². The van der Waals surface area contributed by atoms with E-state index in [0.29, 0.717) is 12.1 Å². The minimum Gasteiger partial charge on any atom is -0.368 e. The highest BCUT2D eigenvalue weighted by molar-refractivity contribution is 6.06. The first kappa shape index (κ1) is 15.8. The molecule has 1 spiro atoms. The Morgan fingerprint density at radius 2 is 1.87 bits per heavy atom. The van der Waals surface area contributed by atoms with E-state index in [4.69, 9.17) is 5.73 Å². The number of nitrogens with zero attached hydrogens (tertiary/aromatic N) is 1. The molecule has 4 nitrogen and oxygen atoms in total. The maximum Gasteiger partial charge on any atom is 0.249 e. The molecule has 1 aromatic carbocycles. The summed E-state index contributed by atoms with van der Waals surface area (Å²) in [5.41, 5.74) is 4.41. The Labute approximate surface area is 131 Å². The lowest BCUT2D eigenvalue weighted by molar-refractivity contribution is -0.138. The van der Waals surface area contributed by atoms with Crippen molar-refractivity contribution < 1.29 is 22.8 Å². The SMILES string of the molecule is NC(=O)C1CC2(CCCC(F)(F)C2)C(=O)N1c1ccc(F)cc1. The van der Waals surface area contributed by atoms with Gasteiger partial charge in [0.15, 0.2) is 0 Å². The van der Waals surface area contributed by atoms with E-state index in [1.165, 1.54) is 12.1 Å². The summed E-state index contributed by atoms with van der Waals surface area (Å²) in [6, 6.07) is 4.02. The first-order valence-corrected chi connectivity index (χ1v) is 7.51. The average molecular weight is 326 g/mol. The molecule has 0 radical (unpaired) electrons. The van der Waals surface area contributed by atoms with Gasteiger partial charge in [-0.2, -0.15) is 0 Å².